The molecule has 0 aromatic rings. The molecule has 88 heavy (non-hydrogen) atoms. The van der Waals surface area contributed by atoms with E-state index in [2.05, 4.69) is 47.7 Å². The second-order valence-electron chi connectivity index (χ2n) is 26.9. The smallest absolute Gasteiger partial charge is 0.394 e. The van der Waals surface area contributed by atoms with Crippen LogP contribution in [0.2, 0.25) is 0 Å². The number of rotatable bonds is 69. The van der Waals surface area contributed by atoms with E-state index in [1.54, 1.807) is 0 Å². The highest BCUT2D eigenvalue weighted by molar-refractivity contribution is 7.80. The Morgan fingerprint density at radius 2 is 0.761 bits per heavy atom. The number of ether oxygens (including phenoxy) is 2. The Hall–Kier alpha value is -1.42. The maximum atomic E-state index is 13.2. The number of hydrogen-bond donors (Lipinski definition) is 6. The van der Waals surface area contributed by atoms with Crippen molar-refractivity contribution in [3.05, 3.63) is 24.3 Å². The summed E-state index contributed by atoms with van der Waals surface area (Å²) < 4.78 is 48.2. The SMILES string of the molecule is CCCCCCCCCCCCCCC/C=C\C/C=C\CCCCCCCCCCCCCCCCCCCC(=O)NC(COC1OC(CO)C(O)C(OS(=O)(=O)O)C1O)C(O)CCCCCCCCCCCCCCCCCCCCCCCCCC. The maximum absolute atomic E-state index is 13.2. The van der Waals surface area contributed by atoms with Gasteiger partial charge in [-0.2, -0.15) is 8.42 Å². The summed E-state index contributed by atoms with van der Waals surface area (Å²) in [4.78, 5) is 13.2. The molecule has 0 bridgehead atoms. The number of hydrogen-bond acceptors (Lipinski definition) is 10. The molecule has 0 aliphatic carbocycles. The number of amides is 1. The molecule has 12 nitrogen and oxygen atoms in total. The summed E-state index contributed by atoms with van der Waals surface area (Å²) in [5.74, 6) is -0.222. The number of aliphatic hydroxyl groups is 4. The van der Waals surface area contributed by atoms with Gasteiger partial charge in [0, 0.05) is 6.42 Å². The molecule has 1 heterocycles. The zero-order valence-corrected chi connectivity index (χ0v) is 58.4. The molecule has 0 saturated carbocycles. The quantitative estimate of drug-likeness (QED) is 0.0193. The Labute approximate surface area is 543 Å². The molecule has 1 aliphatic rings. The summed E-state index contributed by atoms with van der Waals surface area (Å²) in [5.41, 5.74) is 0. The van der Waals surface area contributed by atoms with Crippen molar-refractivity contribution in [3.63, 3.8) is 0 Å². The molecule has 1 amide bonds. The summed E-state index contributed by atoms with van der Waals surface area (Å²) in [6.07, 6.45) is 75.2. The van der Waals surface area contributed by atoms with Crippen molar-refractivity contribution in [1.29, 1.82) is 0 Å². The van der Waals surface area contributed by atoms with Gasteiger partial charge in [-0.25, -0.2) is 4.18 Å². The van der Waals surface area contributed by atoms with Gasteiger partial charge in [0.05, 0.1) is 25.4 Å². The highest BCUT2D eigenvalue weighted by Crippen LogP contribution is 2.27. The molecule has 0 aromatic carbocycles. The van der Waals surface area contributed by atoms with E-state index in [4.69, 9.17) is 9.47 Å². The lowest BCUT2D eigenvalue weighted by atomic mass is 9.99. The monoisotopic (exact) mass is 1270 g/mol. The number of nitrogens with one attached hydrogen (secondary N) is 1. The summed E-state index contributed by atoms with van der Waals surface area (Å²) >= 11 is 0. The molecule has 7 unspecified atom stereocenters. The van der Waals surface area contributed by atoms with Crippen LogP contribution in [0.15, 0.2) is 24.3 Å². The Morgan fingerprint density at radius 1 is 0.455 bits per heavy atom. The minimum Gasteiger partial charge on any atom is -0.394 e. The predicted molar refractivity (Wildman–Crippen MR) is 370 cm³/mol. The van der Waals surface area contributed by atoms with E-state index in [0.717, 1.165) is 57.8 Å². The van der Waals surface area contributed by atoms with Crippen LogP contribution in [0.4, 0.5) is 0 Å². The molecular weight excluding hydrogens is 1120 g/mol. The Morgan fingerprint density at radius 3 is 1.08 bits per heavy atom. The lowest BCUT2D eigenvalue weighted by Gasteiger charge is -2.41. The number of aliphatic hydroxyl groups excluding tert-OH is 4. The molecule has 0 radical (unpaired) electrons. The van der Waals surface area contributed by atoms with Gasteiger partial charge in [-0.15, -0.1) is 0 Å². The van der Waals surface area contributed by atoms with Gasteiger partial charge in [-0.1, -0.05) is 366 Å². The third-order valence-corrected chi connectivity index (χ3v) is 19.0. The molecule has 1 rings (SSSR count). The van der Waals surface area contributed by atoms with E-state index in [1.165, 1.54) is 308 Å². The normalized spacial score (nSPS) is 18.1. The Balaban J connectivity index is 2.17. The molecule has 6 N–H and O–H groups in total. The zero-order valence-electron chi connectivity index (χ0n) is 57.6. The fourth-order valence-electron chi connectivity index (χ4n) is 12.7. The van der Waals surface area contributed by atoms with Crippen LogP contribution in [0.3, 0.4) is 0 Å². The first-order valence-electron chi connectivity index (χ1n) is 38.2. The van der Waals surface area contributed by atoms with Crippen molar-refractivity contribution < 1.29 is 51.8 Å². The van der Waals surface area contributed by atoms with Crippen LogP contribution in [0, 0.1) is 0 Å². The first-order chi connectivity index (χ1) is 43.0. The van der Waals surface area contributed by atoms with Gasteiger partial charge in [-0.3, -0.25) is 9.35 Å². The van der Waals surface area contributed by atoms with Crippen molar-refractivity contribution >= 4 is 16.3 Å². The lowest BCUT2D eigenvalue weighted by molar-refractivity contribution is -0.298. The van der Waals surface area contributed by atoms with Crippen LogP contribution in [-0.4, -0.2) is 95.4 Å². The van der Waals surface area contributed by atoms with Crippen molar-refractivity contribution in [2.45, 2.75) is 436 Å². The fraction of sp³-hybridized carbons (Fsp3) is 0.933. The van der Waals surface area contributed by atoms with Crippen LogP contribution in [0.5, 0.6) is 0 Å². The molecule has 0 aromatic heterocycles. The third-order valence-electron chi connectivity index (χ3n) is 18.5. The van der Waals surface area contributed by atoms with Gasteiger partial charge in [0.2, 0.25) is 5.91 Å². The first kappa shape index (κ1) is 84.6. The minimum atomic E-state index is -5.09. The largest absolute Gasteiger partial charge is 0.397 e. The van der Waals surface area contributed by atoms with Gasteiger partial charge in [0.25, 0.3) is 0 Å². The topological polar surface area (TPSA) is 192 Å². The molecule has 13 heteroatoms. The molecule has 1 fully saturated rings. The van der Waals surface area contributed by atoms with E-state index >= 15 is 0 Å². The van der Waals surface area contributed by atoms with Gasteiger partial charge in [0.1, 0.15) is 24.4 Å². The van der Waals surface area contributed by atoms with Crippen LogP contribution in [0.25, 0.3) is 0 Å². The number of allylic oxidation sites excluding steroid dienone is 4. The number of carbonyl (C=O) groups is 1. The summed E-state index contributed by atoms with van der Waals surface area (Å²) in [5, 5.41) is 45.4. The minimum absolute atomic E-state index is 0.222. The highest BCUT2D eigenvalue weighted by Gasteiger charge is 2.48. The van der Waals surface area contributed by atoms with Crippen LogP contribution in [-0.2, 0) is 28.9 Å². The second kappa shape index (κ2) is 64.3. The second-order valence-corrected chi connectivity index (χ2v) is 28.0. The van der Waals surface area contributed by atoms with Crippen molar-refractivity contribution in [2.75, 3.05) is 13.2 Å². The fourth-order valence-corrected chi connectivity index (χ4v) is 13.2. The summed E-state index contributed by atoms with van der Waals surface area (Å²) in [6.45, 7) is 3.53. The molecule has 0 spiro atoms. The van der Waals surface area contributed by atoms with Crippen molar-refractivity contribution in [1.82, 2.24) is 5.32 Å². The molecule has 1 aliphatic heterocycles. The van der Waals surface area contributed by atoms with E-state index in [9.17, 15) is 38.2 Å². The van der Waals surface area contributed by atoms with Crippen LogP contribution in [0.1, 0.15) is 393 Å². The highest BCUT2D eigenvalue weighted by atomic mass is 32.3. The molecular formula is C75H145NO11S. The van der Waals surface area contributed by atoms with E-state index in [-0.39, 0.29) is 12.5 Å². The van der Waals surface area contributed by atoms with E-state index in [1.807, 2.05) is 0 Å². The predicted octanol–water partition coefficient (Wildman–Crippen LogP) is 20.6. The summed E-state index contributed by atoms with van der Waals surface area (Å²) in [7, 11) is -5.09. The van der Waals surface area contributed by atoms with Crippen molar-refractivity contribution in [2.24, 2.45) is 0 Å². The van der Waals surface area contributed by atoms with Crippen LogP contribution >= 0.6 is 0 Å². The average molecular weight is 1270 g/mol. The van der Waals surface area contributed by atoms with Gasteiger partial charge in [-0.05, 0) is 44.9 Å². The molecule has 7 atom stereocenters. The Bertz CT molecular complexity index is 1630. The standard InChI is InChI=1S/C75H145NO11S/c1-3-5-7-9-11-13-15-17-19-21-23-25-27-29-30-31-32-33-34-35-36-37-38-39-40-41-43-45-47-49-51-53-55-57-59-61-63-65-71(79)76-68(67-85-75-73(81)74(87-88(82,83)84)72(80)70(66-77)86-75)69(78)64-62-60-58-56-54-52-50-48-46-44-42-28-26-24-22-20-18-16-14-12-10-8-6-4-2/h30-31,33-34,68-70,72-75,77-78,80-81H,3-29,32,35-67H2,1-2H3,(H,76,79)(H,82,83,84)/b31-30-,34-33-. The van der Waals surface area contributed by atoms with Gasteiger partial charge in [0.15, 0.2) is 6.29 Å². The van der Waals surface area contributed by atoms with Gasteiger partial charge < -0.3 is 35.2 Å². The first-order valence-corrected chi connectivity index (χ1v) is 39.6. The lowest BCUT2D eigenvalue weighted by Crippen LogP contribution is -2.61. The third kappa shape index (κ3) is 55.1. The number of unbranched alkanes of at least 4 members (excludes halogenated alkanes) is 53. The molecule has 522 valence electrons. The zero-order chi connectivity index (χ0) is 63.9. The maximum Gasteiger partial charge on any atom is 0.397 e. The van der Waals surface area contributed by atoms with E-state index < -0.39 is 59.9 Å². The number of carbonyl (C=O) groups excluding carboxylic acids is 1. The van der Waals surface area contributed by atoms with Crippen LogP contribution < -0.4 is 5.32 Å². The molecule has 1 saturated heterocycles. The Kier molecular flexibility index (Phi) is 61.8. The van der Waals surface area contributed by atoms with Gasteiger partial charge >= 0.3 is 10.4 Å². The van der Waals surface area contributed by atoms with E-state index in [0.29, 0.717) is 12.8 Å². The van der Waals surface area contributed by atoms with Crippen molar-refractivity contribution in [3.8, 4) is 0 Å². The summed E-state index contributed by atoms with van der Waals surface area (Å²) in [6, 6.07) is -0.859. The average Bonchev–Trinajstić information content (AvgIpc) is 1.15.